The molecular weight excluding hydrogens is 293 g/mol. The molecule has 68 valence electrons. The Morgan fingerprint density at radius 2 is 1.00 bits per heavy atom. The van der Waals surface area contributed by atoms with Crippen LogP contribution in [0.4, 0.5) is 26.3 Å². The van der Waals surface area contributed by atoms with E-state index in [1.807, 2.05) is 0 Å². The second-order valence-corrected chi connectivity index (χ2v) is 1.71. The van der Waals surface area contributed by atoms with Gasteiger partial charge in [0.1, 0.15) is 0 Å². The van der Waals surface area contributed by atoms with Gasteiger partial charge in [-0.3, -0.25) is 0 Å². The minimum atomic E-state index is -5.38. The van der Waals surface area contributed by atoms with Crippen LogP contribution in [0.2, 0.25) is 0 Å². The van der Waals surface area contributed by atoms with E-state index < -0.39 is 18.1 Å². The molecule has 0 aliphatic carbocycles. The molecule has 1 heterocycles. The van der Waals surface area contributed by atoms with E-state index in [0.29, 0.717) is 0 Å². The van der Waals surface area contributed by atoms with Crippen molar-refractivity contribution in [2.24, 2.45) is 0 Å². The summed E-state index contributed by atoms with van der Waals surface area (Å²) in [6.07, 6.45) is -10.1. The largest absolute Gasteiger partial charge is 1.00 e. The Hall–Kier alpha value is 0.270. The van der Waals surface area contributed by atoms with E-state index >= 15 is 0 Å². The van der Waals surface area contributed by atoms with Crippen molar-refractivity contribution in [3.63, 3.8) is 0 Å². The van der Waals surface area contributed by atoms with Gasteiger partial charge in [-0.05, 0) is 0 Å². The molecule has 0 atom stereocenters. The molecule has 0 unspecified atom stereocenters. The molecule has 0 N–H and O–H groups in total. The second kappa shape index (κ2) is 2.38. The van der Waals surface area contributed by atoms with Crippen molar-refractivity contribution in [1.29, 1.82) is 0 Å². The second-order valence-electron chi connectivity index (χ2n) is 1.71. The van der Waals surface area contributed by atoms with E-state index in [1.54, 1.807) is 0 Å². The summed E-state index contributed by atoms with van der Waals surface area (Å²) in [4.78, 5) is 0. The summed E-state index contributed by atoms with van der Waals surface area (Å²) in [7, 11) is 0. The lowest BCUT2D eigenvalue weighted by molar-refractivity contribution is -0.583. The Labute approximate surface area is 73.7 Å². The lowest BCUT2D eigenvalue weighted by Gasteiger charge is -2.41. The Morgan fingerprint density at radius 3 is 1.00 bits per heavy atom. The van der Waals surface area contributed by atoms with Gasteiger partial charge in [0.2, 0.25) is 0 Å². The maximum atomic E-state index is 11.5. The summed E-state index contributed by atoms with van der Waals surface area (Å²) in [6, 6.07) is 0. The molecule has 0 aromatic carbocycles. The van der Waals surface area contributed by atoms with Gasteiger partial charge in [-0.25, -0.2) is 4.74 Å². The Kier molecular flexibility index (Phi) is 2.43. The summed E-state index contributed by atoms with van der Waals surface area (Å²) in [5.41, 5.74) is 0. The zero-order chi connectivity index (χ0) is 8.21. The van der Waals surface area contributed by atoms with Gasteiger partial charge in [-0.2, -0.15) is 26.3 Å². The molecule has 8 heteroatoms. The third-order valence-electron chi connectivity index (χ3n) is 0.987. The Bertz CT molecular complexity index is 151. The van der Waals surface area contributed by atoms with E-state index in [9.17, 15) is 26.3 Å². The van der Waals surface area contributed by atoms with Gasteiger partial charge in [0.15, 0.2) is 0 Å². The normalized spacial score (nSPS) is 30.0. The minimum absolute atomic E-state index is 0. The molecule has 0 amide bonds. The molecule has 1 aliphatic heterocycles. The maximum absolute atomic E-state index is 11.5. The summed E-state index contributed by atoms with van der Waals surface area (Å²) >= 11 is 0. The van der Waals surface area contributed by atoms with Gasteiger partial charge in [0.25, 0.3) is 0 Å². The van der Waals surface area contributed by atoms with Crippen molar-refractivity contribution in [2.45, 2.75) is 18.1 Å². The number of hydrogen-bond donors (Lipinski definition) is 0. The monoisotopic (exact) mass is 293 g/mol. The van der Waals surface area contributed by atoms with Crippen LogP contribution in [0.3, 0.4) is 0 Å². The van der Waals surface area contributed by atoms with Gasteiger partial charge in [0, 0.05) is 0 Å². The molecular formula is C3F6IO-. The number of hydrogen-bond acceptors (Lipinski definition) is 1. The summed E-state index contributed by atoms with van der Waals surface area (Å²) < 4.78 is 70.7. The van der Waals surface area contributed by atoms with Crippen molar-refractivity contribution >= 4 is 0 Å². The van der Waals surface area contributed by atoms with Crippen LogP contribution in [0.5, 0.6) is 0 Å². The summed E-state index contributed by atoms with van der Waals surface area (Å²) in [5, 5.41) is 0. The van der Waals surface area contributed by atoms with Crippen LogP contribution in [0, 0.1) is 0 Å². The Balaban J connectivity index is 0.000001000. The topological polar surface area (TPSA) is 9.23 Å². The fourth-order valence-corrected chi connectivity index (χ4v) is 0.412. The van der Waals surface area contributed by atoms with Gasteiger partial charge in [-0.15, -0.1) is 0 Å². The van der Waals surface area contributed by atoms with Crippen molar-refractivity contribution in [3.05, 3.63) is 0 Å². The third-order valence-corrected chi connectivity index (χ3v) is 0.987. The zero-order valence-corrected chi connectivity index (χ0v) is 6.71. The van der Waals surface area contributed by atoms with Crippen molar-refractivity contribution in [3.8, 4) is 0 Å². The standard InChI is InChI=1S/C3F6O.HI/c4-1(5)2(6,7)10-3(1,8)9;/h;1H/p-1. The highest BCUT2D eigenvalue weighted by Crippen LogP contribution is 2.57. The Morgan fingerprint density at radius 1 is 0.727 bits per heavy atom. The fraction of sp³-hybridized carbons (Fsp3) is 1.00. The van der Waals surface area contributed by atoms with E-state index in [2.05, 4.69) is 4.74 Å². The van der Waals surface area contributed by atoms with Crippen LogP contribution in [0.25, 0.3) is 0 Å². The molecule has 0 radical (unpaired) electrons. The predicted molar refractivity (Wildman–Crippen MR) is 15.9 cm³/mol. The first-order chi connectivity index (χ1) is 4.21. The summed E-state index contributed by atoms with van der Waals surface area (Å²) in [5.74, 6) is -5.38. The molecule has 0 aromatic heterocycles. The molecule has 1 aliphatic rings. The van der Waals surface area contributed by atoms with Gasteiger partial charge >= 0.3 is 18.1 Å². The van der Waals surface area contributed by atoms with E-state index in [4.69, 9.17) is 0 Å². The number of rotatable bonds is 0. The molecule has 1 fully saturated rings. The third kappa shape index (κ3) is 1.19. The molecule has 0 aromatic rings. The van der Waals surface area contributed by atoms with Crippen LogP contribution in [-0.2, 0) is 4.74 Å². The molecule has 1 nitrogen and oxygen atoms in total. The average Bonchev–Trinajstić information content (AvgIpc) is 1.61. The van der Waals surface area contributed by atoms with Gasteiger partial charge < -0.3 is 24.0 Å². The van der Waals surface area contributed by atoms with Crippen LogP contribution >= 0.6 is 0 Å². The molecule has 1 rings (SSSR count). The lowest BCUT2D eigenvalue weighted by Crippen LogP contribution is -3.00. The molecule has 0 saturated carbocycles. The SMILES string of the molecule is FC1(F)OC(F)(F)C1(F)F.[I-]. The number of halogens is 7. The molecule has 0 bridgehead atoms. The van der Waals surface area contributed by atoms with Crippen LogP contribution < -0.4 is 24.0 Å². The van der Waals surface area contributed by atoms with E-state index in [1.165, 1.54) is 0 Å². The first-order valence-electron chi connectivity index (χ1n) is 2.04. The van der Waals surface area contributed by atoms with Crippen LogP contribution in [0.15, 0.2) is 0 Å². The first kappa shape index (κ1) is 11.3. The van der Waals surface area contributed by atoms with Crippen molar-refractivity contribution < 1.29 is 55.1 Å². The predicted octanol–water partition coefficient (Wildman–Crippen LogP) is -1.16. The summed E-state index contributed by atoms with van der Waals surface area (Å²) in [6.45, 7) is 0. The van der Waals surface area contributed by atoms with Gasteiger partial charge in [-0.1, -0.05) is 0 Å². The van der Waals surface area contributed by atoms with E-state index in [-0.39, 0.29) is 24.0 Å². The highest BCUT2D eigenvalue weighted by molar-refractivity contribution is 4.95. The maximum Gasteiger partial charge on any atom is 0.433 e. The van der Waals surface area contributed by atoms with Crippen LogP contribution in [0.1, 0.15) is 0 Å². The quantitative estimate of drug-likeness (QED) is 0.404. The lowest BCUT2D eigenvalue weighted by atomic mass is 10.2. The number of alkyl halides is 6. The smallest absolute Gasteiger partial charge is 0.433 e. The van der Waals surface area contributed by atoms with Gasteiger partial charge in [0.05, 0.1) is 0 Å². The minimum Gasteiger partial charge on any atom is -1.00 e. The molecule has 0 spiro atoms. The van der Waals surface area contributed by atoms with E-state index in [0.717, 1.165) is 0 Å². The molecule has 11 heavy (non-hydrogen) atoms. The first-order valence-corrected chi connectivity index (χ1v) is 2.04. The van der Waals surface area contributed by atoms with Crippen molar-refractivity contribution in [2.75, 3.05) is 0 Å². The van der Waals surface area contributed by atoms with Crippen LogP contribution in [-0.4, -0.2) is 18.1 Å². The highest BCUT2D eigenvalue weighted by Gasteiger charge is 2.87. The van der Waals surface area contributed by atoms with Crippen molar-refractivity contribution in [1.82, 2.24) is 0 Å². The zero-order valence-electron chi connectivity index (χ0n) is 4.55. The average molecular weight is 293 g/mol. The fourth-order valence-electron chi connectivity index (χ4n) is 0.412. The number of ether oxygens (including phenoxy) is 1. The highest BCUT2D eigenvalue weighted by atomic mass is 127. The molecule has 1 saturated heterocycles.